The Bertz CT molecular complexity index is 500. The first-order chi connectivity index (χ1) is 9.33. The summed E-state index contributed by atoms with van der Waals surface area (Å²) in [4.78, 5) is 4.21. The van der Waals surface area contributed by atoms with E-state index in [0.717, 1.165) is 35.8 Å². The van der Waals surface area contributed by atoms with Crippen LogP contribution in [0.4, 0.5) is 0 Å². The highest BCUT2D eigenvalue weighted by molar-refractivity contribution is 7.07. The zero-order valence-electron chi connectivity index (χ0n) is 11.2. The monoisotopic (exact) mass is 278 g/mol. The van der Waals surface area contributed by atoms with E-state index in [1.807, 2.05) is 29.1 Å². The van der Waals surface area contributed by atoms with Crippen LogP contribution in [0.15, 0.2) is 29.1 Å². The molecule has 1 aromatic heterocycles. The van der Waals surface area contributed by atoms with Crippen LogP contribution >= 0.6 is 11.3 Å². The van der Waals surface area contributed by atoms with E-state index >= 15 is 0 Å². The van der Waals surface area contributed by atoms with Gasteiger partial charge in [0.2, 0.25) is 0 Å². The molecule has 0 spiro atoms. The molecular formula is C14H18N2O2S. The molecule has 1 N–H and O–H groups in total. The van der Waals surface area contributed by atoms with Crippen LogP contribution in [0.5, 0.6) is 11.5 Å². The second-order valence-electron chi connectivity index (χ2n) is 4.02. The first-order valence-electron chi connectivity index (χ1n) is 6.21. The lowest BCUT2D eigenvalue weighted by molar-refractivity contribution is 0.296. The maximum absolute atomic E-state index is 5.85. The molecular weight excluding hydrogens is 260 g/mol. The second kappa shape index (κ2) is 7.11. The van der Waals surface area contributed by atoms with Gasteiger partial charge in [0, 0.05) is 23.6 Å². The highest BCUT2D eigenvalue weighted by atomic mass is 32.1. The third-order valence-corrected chi connectivity index (χ3v) is 3.33. The molecule has 0 saturated carbocycles. The molecule has 1 heterocycles. The number of methoxy groups -OCH3 is 1. The van der Waals surface area contributed by atoms with Crippen molar-refractivity contribution in [2.75, 3.05) is 13.7 Å². The summed E-state index contributed by atoms with van der Waals surface area (Å²) in [6.45, 7) is 4.28. The lowest BCUT2D eigenvalue weighted by Gasteiger charge is -2.12. The molecule has 0 radical (unpaired) electrons. The Morgan fingerprint density at radius 1 is 1.37 bits per heavy atom. The fourth-order valence-electron chi connectivity index (χ4n) is 1.66. The fourth-order valence-corrected chi connectivity index (χ4v) is 2.21. The van der Waals surface area contributed by atoms with Gasteiger partial charge >= 0.3 is 0 Å². The molecule has 5 heteroatoms. The van der Waals surface area contributed by atoms with E-state index in [4.69, 9.17) is 9.47 Å². The van der Waals surface area contributed by atoms with Gasteiger partial charge in [0.15, 0.2) is 0 Å². The van der Waals surface area contributed by atoms with Gasteiger partial charge in [0.05, 0.1) is 18.3 Å². The fraction of sp³-hybridized carbons (Fsp3) is 0.357. The van der Waals surface area contributed by atoms with E-state index < -0.39 is 0 Å². The SMILES string of the molecule is CCNCc1ccc(OC)cc1OCc1cscn1. The summed E-state index contributed by atoms with van der Waals surface area (Å²) in [7, 11) is 1.66. The zero-order valence-corrected chi connectivity index (χ0v) is 12.0. The molecule has 1 aromatic carbocycles. The molecule has 0 aliphatic heterocycles. The Morgan fingerprint density at radius 2 is 2.26 bits per heavy atom. The molecule has 0 atom stereocenters. The summed E-state index contributed by atoms with van der Waals surface area (Å²) in [6, 6.07) is 5.89. The smallest absolute Gasteiger partial charge is 0.131 e. The number of nitrogens with one attached hydrogen (secondary N) is 1. The predicted octanol–water partition coefficient (Wildman–Crippen LogP) is 2.84. The van der Waals surface area contributed by atoms with Crippen LogP contribution in [-0.4, -0.2) is 18.6 Å². The molecule has 0 fully saturated rings. The Labute approximate surface area is 117 Å². The molecule has 2 aromatic rings. The standard InChI is InChI=1S/C14H18N2O2S/c1-3-15-7-11-4-5-13(17-2)6-14(11)18-8-12-9-19-10-16-12/h4-6,9-10,15H,3,7-8H2,1-2H3. The topological polar surface area (TPSA) is 43.4 Å². The molecule has 19 heavy (non-hydrogen) atoms. The number of hydrogen-bond donors (Lipinski definition) is 1. The number of thiazole rings is 1. The van der Waals surface area contributed by atoms with Gasteiger partial charge in [-0.05, 0) is 12.6 Å². The van der Waals surface area contributed by atoms with Gasteiger partial charge in [0.1, 0.15) is 18.1 Å². The van der Waals surface area contributed by atoms with E-state index in [0.29, 0.717) is 6.61 Å². The summed E-state index contributed by atoms with van der Waals surface area (Å²) in [5.74, 6) is 1.64. The van der Waals surface area contributed by atoms with Crippen molar-refractivity contribution in [3.05, 3.63) is 40.3 Å². The number of rotatable bonds is 7. The van der Waals surface area contributed by atoms with E-state index in [1.165, 1.54) is 0 Å². The number of aromatic nitrogens is 1. The number of nitrogens with zero attached hydrogens (tertiary/aromatic N) is 1. The number of benzene rings is 1. The summed E-state index contributed by atoms with van der Waals surface area (Å²) in [5.41, 5.74) is 3.88. The largest absolute Gasteiger partial charge is 0.497 e. The molecule has 2 rings (SSSR count). The average Bonchev–Trinajstić information content (AvgIpc) is 2.96. The zero-order chi connectivity index (χ0) is 13.5. The second-order valence-corrected chi connectivity index (χ2v) is 4.74. The van der Waals surface area contributed by atoms with Gasteiger partial charge in [0.25, 0.3) is 0 Å². The highest BCUT2D eigenvalue weighted by Crippen LogP contribution is 2.25. The minimum absolute atomic E-state index is 0.482. The van der Waals surface area contributed by atoms with E-state index in [2.05, 4.69) is 17.2 Å². The van der Waals surface area contributed by atoms with Gasteiger partial charge in [-0.3, -0.25) is 0 Å². The molecule has 102 valence electrons. The van der Waals surface area contributed by atoms with Crippen LogP contribution in [0.1, 0.15) is 18.2 Å². The lowest BCUT2D eigenvalue weighted by Crippen LogP contribution is -2.13. The van der Waals surface area contributed by atoms with Crippen LogP contribution in [-0.2, 0) is 13.2 Å². The lowest BCUT2D eigenvalue weighted by atomic mass is 10.2. The molecule has 0 aliphatic carbocycles. The summed E-state index contributed by atoms with van der Waals surface area (Å²) in [5, 5.41) is 5.29. The Balaban J connectivity index is 2.10. The van der Waals surface area contributed by atoms with Crippen LogP contribution in [0, 0.1) is 0 Å². The van der Waals surface area contributed by atoms with E-state index in [9.17, 15) is 0 Å². The highest BCUT2D eigenvalue weighted by Gasteiger charge is 2.06. The van der Waals surface area contributed by atoms with Crippen molar-refractivity contribution in [3.63, 3.8) is 0 Å². The minimum Gasteiger partial charge on any atom is -0.497 e. The predicted molar refractivity (Wildman–Crippen MR) is 76.8 cm³/mol. The van der Waals surface area contributed by atoms with Crippen molar-refractivity contribution in [2.45, 2.75) is 20.1 Å². The van der Waals surface area contributed by atoms with Gasteiger partial charge in [-0.1, -0.05) is 13.0 Å². The number of ether oxygens (including phenoxy) is 2. The maximum Gasteiger partial charge on any atom is 0.131 e. The van der Waals surface area contributed by atoms with E-state index in [-0.39, 0.29) is 0 Å². The quantitative estimate of drug-likeness (QED) is 0.846. The number of hydrogen-bond acceptors (Lipinski definition) is 5. The molecule has 0 saturated heterocycles. The normalized spacial score (nSPS) is 10.4. The van der Waals surface area contributed by atoms with Crippen molar-refractivity contribution < 1.29 is 9.47 Å². The molecule has 0 unspecified atom stereocenters. The first-order valence-corrected chi connectivity index (χ1v) is 7.15. The van der Waals surface area contributed by atoms with Crippen molar-refractivity contribution in [1.29, 1.82) is 0 Å². The summed E-state index contributed by atoms with van der Waals surface area (Å²) < 4.78 is 11.1. The molecule has 0 bridgehead atoms. The summed E-state index contributed by atoms with van der Waals surface area (Å²) >= 11 is 1.57. The van der Waals surface area contributed by atoms with Gasteiger partial charge in [-0.2, -0.15) is 0 Å². The van der Waals surface area contributed by atoms with Crippen molar-refractivity contribution in [1.82, 2.24) is 10.3 Å². The van der Waals surface area contributed by atoms with Gasteiger partial charge in [-0.15, -0.1) is 11.3 Å². The van der Waals surface area contributed by atoms with Crippen LogP contribution < -0.4 is 14.8 Å². The Hall–Kier alpha value is -1.59. The Kier molecular flexibility index (Phi) is 5.18. The van der Waals surface area contributed by atoms with Crippen LogP contribution in [0.2, 0.25) is 0 Å². The van der Waals surface area contributed by atoms with E-state index in [1.54, 1.807) is 18.4 Å². The minimum atomic E-state index is 0.482. The molecule has 0 amide bonds. The maximum atomic E-state index is 5.85. The van der Waals surface area contributed by atoms with Crippen molar-refractivity contribution >= 4 is 11.3 Å². The third-order valence-electron chi connectivity index (χ3n) is 2.70. The summed E-state index contributed by atoms with van der Waals surface area (Å²) in [6.07, 6.45) is 0. The van der Waals surface area contributed by atoms with Crippen molar-refractivity contribution in [2.24, 2.45) is 0 Å². The third kappa shape index (κ3) is 3.94. The van der Waals surface area contributed by atoms with Crippen molar-refractivity contribution in [3.8, 4) is 11.5 Å². The van der Waals surface area contributed by atoms with Crippen LogP contribution in [0.25, 0.3) is 0 Å². The average molecular weight is 278 g/mol. The van der Waals surface area contributed by atoms with Crippen LogP contribution in [0.3, 0.4) is 0 Å². The Morgan fingerprint density at radius 3 is 2.95 bits per heavy atom. The first kappa shape index (κ1) is 13.8. The molecule has 4 nitrogen and oxygen atoms in total. The molecule has 0 aliphatic rings. The van der Waals surface area contributed by atoms with Gasteiger partial charge < -0.3 is 14.8 Å². The van der Waals surface area contributed by atoms with Gasteiger partial charge in [-0.25, -0.2) is 4.98 Å².